The highest BCUT2D eigenvalue weighted by Gasteiger charge is 2.51. The first-order valence-electron chi connectivity index (χ1n) is 12.1. The molecule has 2 aliphatic heterocycles. The van der Waals surface area contributed by atoms with Crippen LogP contribution < -0.4 is 17.2 Å². The fourth-order valence-corrected chi connectivity index (χ4v) is 5.81. The summed E-state index contributed by atoms with van der Waals surface area (Å²) in [5.41, 5.74) is 10.6. The van der Waals surface area contributed by atoms with Crippen LogP contribution in [-0.2, 0) is 32.2 Å². The zero-order chi connectivity index (χ0) is 31.3. The van der Waals surface area contributed by atoms with Gasteiger partial charge in [-0.15, -0.1) is 0 Å². The lowest BCUT2D eigenvalue weighted by atomic mass is 10.1. The predicted octanol–water partition coefficient (Wildman–Crippen LogP) is -3.26. The van der Waals surface area contributed by atoms with Gasteiger partial charge in [0.05, 0.1) is 19.5 Å². The second-order valence-corrected chi connectivity index (χ2v) is 12.0. The molecule has 3 aromatic rings. The van der Waals surface area contributed by atoms with Crippen molar-refractivity contribution in [3.63, 3.8) is 0 Å². The van der Waals surface area contributed by atoms with Gasteiger partial charge in [0.15, 0.2) is 23.9 Å². The standard InChI is InChI=1S/C19H26N8O14P2/c20-9-1-2-26(19(31)25-9)18-13(30)14(8(40-18)4-37-42(32,33)34)41-43(35,36)38-3-7-11(28)12(29)17(39-7)27-6-24-10-15(21)22-5-23-16(10)27/h1-2,5-8,11-14,17-18,28-30H,3-4H2,(H,35,36)(H2,20,25,31)(H2,21,22,23)(H2,32,33,34)/t7-,8-,11-,12-,13-,14-,17?,18-/m1/s1. The molecule has 2 fully saturated rings. The lowest BCUT2D eigenvalue weighted by molar-refractivity contribution is -0.0589. The molecule has 9 atom stereocenters. The number of aliphatic hydroxyl groups is 3. The van der Waals surface area contributed by atoms with Gasteiger partial charge in [0.1, 0.15) is 54.3 Å². The van der Waals surface area contributed by atoms with E-state index in [0.29, 0.717) is 0 Å². The first-order valence-corrected chi connectivity index (χ1v) is 15.2. The second kappa shape index (κ2) is 11.9. The topological polar surface area (TPSA) is 332 Å². The van der Waals surface area contributed by atoms with Crippen LogP contribution in [0.2, 0.25) is 0 Å². The lowest BCUT2D eigenvalue weighted by Gasteiger charge is -2.24. The summed E-state index contributed by atoms with van der Waals surface area (Å²) in [7, 11) is -10.3. The van der Waals surface area contributed by atoms with Crippen LogP contribution >= 0.6 is 15.6 Å². The van der Waals surface area contributed by atoms with Crippen molar-refractivity contribution in [2.45, 2.75) is 49.1 Å². The lowest BCUT2D eigenvalue weighted by Crippen LogP contribution is -2.38. The Kier molecular flexibility index (Phi) is 8.68. The highest BCUT2D eigenvalue weighted by atomic mass is 31.2. The molecule has 0 spiro atoms. The molecular formula is C19H26N8O14P2. The fraction of sp³-hybridized carbons (Fsp3) is 0.526. The van der Waals surface area contributed by atoms with Crippen LogP contribution in [0.5, 0.6) is 0 Å². The summed E-state index contributed by atoms with van der Waals surface area (Å²) >= 11 is 0. The van der Waals surface area contributed by atoms with E-state index >= 15 is 0 Å². The molecule has 0 aliphatic carbocycles. The van der Waals surface area contributed by atoms with Crippen molar-refractivity contribution in [1.82, 2.24) is 29.1 Å². The second-order valence-electron chi connectivity index (χ2n) is 9.35. The third kappa shape index (κ3) is 6.61. The van der Waals surface area contributed by atoms with E-state index in [9.17, 15) is 34.1 Å². The molecule has 22 nitrogen and oxygen atoms in total. The van der Waals surface area contributed by atoms with Crippen LogP contribution in [0.1, 0.15) is 12.5 Å². The maximum Gasteiger partial charge on any atom is 0.472 e. The van der Waals surface area contributed by atoms with E-state index in [1.54, 1.807) is 0 Å². The monoisotopic (exact) mass is 652 g/mol. The molecule has 43 heavy (non-hydrogen) atoms. The highest BCUT2D eigenvalue weighted by Crippen LogP contribution is 2.50. The van der Waals surface area contributed by atoms with Gasteiger partial charge in [-0.1, -0.05) is 0 Å². The quantitative estimate of drug-likeness (QED) is 0.0996. The van der Waals surface area contributed by atoms with Crippen molar-refractivity contribution in [3.8, 4) is 0 Å². The van der Waals surface area contributed by atoms with Crippen molar-refractivity contribution in [3.05, 3.63) is 35.4 Å². The Morgan fingerprint density at radius 2 is 1.58 bits per heavy atom. The average Bonchev–Trinajstić information content (AvgIpc) is 3.57. The smallest absolute Gasteiger partial charge is 0.387 e. The highest BCUT2D eigenvalue weighted by molar-refractivity contribution is 7.47. The van der Waals surface area contributed by atoms with Gasteiger partial charge in [0.25, 0.3) is 0 Å². The van der Waals surface area contributed by atoms with Crippen LogP contribution in [0.15, 0.2) is 29.7 Å². The maximum absolute atomic E-state index is 12.9. The minimum absolute atomic E-state index is 0.0531. The Labute approximate surface area is 239 Å². The van der Waals surface area contributed by atoms with Crippen LogP contribution in [0.4, 0.5) is 11.6 Å². The van der Waals surface area contributed by atoms with E-state index in [-0.39, 0.29) is 22.8 Å². The van der Waals surface area contributed by atoms with Gasteiger partial charge in [-0.2, -0.15) is 4.98 Å². The number of anilines is 2. The molecule has 2 unspecified atom stereocenters. The molecule has 5 rings (SSSR count). The molecule has 10 N–H and O–H groups in total. The van der Waals surface area contributed by atoms with Gasteiger partial charge < -0.3 is 50.9 Å². The van der Waals surface area contributed by atoms with E-state index in [1.165, 1.54) is 17.0 Å². The molecule has 0 bridgehead atoms. The number of ether oxygens (including phenoxy) is 2. The van der Waals surface area contributed by atoms with Gasteiger partial charge in [0.2, 0.25) is 0 Å². The first kappa shape index (κ1) is 31.5. The van der Waals surface area contributed by atoms with Crippen molar-refractivity contribution < 1.29 is 62.2 Å². The molecule has 24 heteroatoms. The van der Waals surface area contributed by atoms with Crippen LogP contribution in [0, 0.1) is 0 Å². The molecule has 236 valence electrons. The normalized spacial score (nSPS) is 31.0. The minimum Gasteiger partial charge on any atom is -0.387 e. The summed E-state index contributed by atoms with van der Waals surface area (Å²) in [6.07, 6.45) is -9.39. The minimum atomic E-state index is -5.18. The SMILES string of the molecule is Nc1ccn([C@@H]2O[C@H](COP(=O)(O)O)[C@@H](OP(=O)(O)OC[C@H]3OC(n4cnc5c(N)ncnc54)[C@H](O)[C@@H]3O)[C@H]2O)c(=O)n1. The first-order chi connectivity index (χ1) is 20.1. The van der Waals surface area contributed by atoms with Crippen LogP contribution in [0.3, 0.4) is 0 Å². The summed E-state index contributed by atoms with van der Waals surface area (Å²) in [6.45, 7) is -1.78. The molecule has 5 heterocycles. The molecule has 2 saturated heterocycles. The van der Waals surface area contributed by atoms with Gasteiger partial charge >= 0.3 is 21.3 Å². The van der Waals surface area contributed by atoms with E-state index in [4.69, 9.17) is 39.8 Å². The Morgan fingerprint density at radius 3 is 2.28 bits per heavy atom. The molecule has 0 aromatic carbocycles. The van der Waals surface area contributed by atoms with Crippen molar-refractivity contribution >= 4 is 38.4 Å². The molecule has 0 radical (unpaired) electrons. The fourth-order valence-electron chi connectivity index (χ4n) is 4.51. The number of aromatic nitrogens is 6. The summed E-state index contributed by atoms with van der Waals surface area (Å²) in [4.78, 5) is 56.2. The van der Waals surface area contributed by atoms with Gasteiger partial charge in [-0.3, -0.25) is 22.7 Å². The van der Waals surface area contributed by atoms with E-state index < -0.39 is 83.6 Å². The third-order valence-corrected chi connectivity index (χ3v) is 7.97. The molecule has 0 saturated carbocycles. The number of hydrogen-bond donors (Lipinski definition) is 8. The van der Waals surface area contributed by atoms with Gasteiger partial charge in [-0.25, -0.2) is 28.9 Å². The number of hydrogen-bond acceptors (Lipinski definition) is 17. The van der Waals surface area contributed by atoms with Crippen LogP contribution in [0.25, 0.3) is 11.2 Å². The summed E-state index contributed by atoms with van der Waals surface area (Å²) in [5.74, 6) is -0.101. The van der Waals surface area contributed by atoms with Crippen molar-refractivity contribution in [2.75, 3.05) is 24.7 Å². The Balaban J connectivity index is 1.29. The zero-order valence-electron chi connectivity index (χ0n) is 21.5. The molecule has 2 aliphatic rings. The number of nitrogens with zero attached hydrogens (tertiary/aromatic N) is 6. The summed E-state index contributed by atoms with van der Waals surface area (Å²) in [5, 5.41) is 31.9. The van der Waals surface area contributed by atoms with Gasteiger partial charge in [0, 0.05) is 6.20 Å². The third-order valence-electron chi connectivity index (χ3n) is 6.50. The summed E-state index contributed by atoms with van der Waals surface area (Å²) < 4.78 is 51.7. The number of aliphatic hydroxyl groups excluding tert-OH is 3. The molecule has 3 aromatic heterocycles. The molecule has 0 amide bonds. The summed E-state index contributed by atoms with van der Waals surface area (Å²) in [6, 6.07) is 1.19. The van der Waals surface area contributed by atoms with E-state index in [1.807, 2.05) is 0 Å². The van der Waals surface area contributed by atoms with Crippen molar-refractivity contribution in [2.24, 2.45) is 0 Å². The number of nitrogens with two attached hydrogens (primary N) is 2. The largest absolute Gasteiger partial charge is 0.472 e. The zero-order valence-corrected chi connectivity index (χ0v) is 23.3. The Hall–Kier alpha value is -2.95. The van der Waals surface area contributed by atoms with Gasteiger partial charge in [-0.05, 0) is 6.07 Å². The molecular weight excluding hydrogens is 626 g/mol. The number of phosphoric acid groups is 2. The van der Waals surface area contributed by atoms with Crippen LogP contribution in [-0.4, -0.2) is 109 Å². The van der Waals surface area contributed by atoms with E-state index in [2.05, 4.69) is 24.5 Å². The van der Waals surface area contributed by atoms with Crippen molar-refractivity contribution in [1.29, 1.82) is 0 Å². The maximum atomic E-state index is 12.9. The predicted molar refractivity (Wildman–Crippen MR) is 137 cm³/mol. The number of nitrogen functional groups attached to an aromatic ring is 2. The Morgan fingerprint density at radius 1 is 0.907 bits per heavy atom. The number of phosphoric ester groups is 2. The number of imidazole rings is 1. The van der Waals surface area contributed by atoms with E-state index in [0.717, 1.165) is 17.1 Å². The average molecular weight is 652 g/mol. The number of fused-ring (bicyclic) bond motifs is 1. The Bertz CT molecular complexity index is 1630. The number of rotatable bonds is 10.